The lowest BCUT2D eigenvalue weighted by atomic mass is 9.78. The van der Waals surface area contributed by atoms with Gasteiger partial charge in [0.1, 0.15) is 0 Å². The van der Waals surface area contributed by atoms with Gasteiger partial charge in [-0.1, -0.05) is 18.2 Å². The largest absolute Gasteiger partial charge is 0.380 e. The van der Waals surface area contributed by atoms with Crippen molar-refractivity contribution < 1.29 is 9.53 Å². The fraction of sp³-hybridized carbons (Fsp3) is 0.533. The Hall–Kier alpha value is -1.39. The van der Waals surface area contributed by atoms with Crippen LogP contribution in [-0.4, -0.2) is 43.7 Å². The molecule has 4 nitrogen and oxygen atoms in total. The van der Waals surface area contributed by atoms with Gasteiger partial charge in [0.15, 0.2) is 0 Å². The third-order valence-electron chi connectivity index (χ3n) is 4.05. The normalized spacial score (nSPS) is 20.7. The van der Waals surface area contributed by atoms with Gasteiger partial charge in [0.2, 0.25) is 5.91 Å². The Morgan fingerprint density at radius 3 is 2.47 bits per heavy atom. The lowest BCUT2D eigenvalue weighted by molar-refractivity contribution is -0.188. The van der Waals surface area contributed by atoms with E-state index in [0.717, 1.165) is 43.1 Å². The van der Waals surface area contributed by atoms with Crippen LogP contribution in [0.3, 0.4) is 0 Å². The number of carbonyl (C=O) groups excluding carboxylic acids is 1. The van der Waals surface area contributed by atoms with Gasteiger partial charge in [0.25, 0.3) is 0 Å². The fourth-order valence-electron chi connectivity index (χ4n) is 2.98. The Morgan fingerprint density at radius 1 is 1.32 bits per heavy atom. The van der Waals surface area contributed by atoms with Crippen LogP contribution in [0, 0.1) is 19.3 Å². The Kier molecular flexibility index (Phi) is 3.07. The summed E-state index contributed by atoms with van der Waals surface area (Å²) in [6.07, 6.45) is 0. The molecule has 0 radical (unpaired) electrons. The standard InChI is InChI=1S/C15H20N2O2/c1-11-4-3-5-12(2)14(11)16-13(18)6-17-7-15(8-17)9-19-10-15/h3-5H,6-10H2,1-2H3,(H,16,18). The minimum atomic E-state index is 0.0764. The molecular formula is C15H20N2O2. The first-order valence-corrected chi connectivity index (χ1v) is 6.74. The zero-order valence-corrected chi connectivity index (χ0v) is 11.5. The molecule has 2 aliphatic rings. The van der Waals surface area contributed by atoms with E-state index in [1.165, 1.54) is 0 Å². The number of ether oxygens (including phenoxy) is 1. The van der Waals surface area contributed by atoms with Crippen molar-refractivity contribution in [1.82, 2.24) is 4.90 Å². The van der Waals surface area contributed by atoms with Crippen LogP contribution < -0.4 is 5.32 Å². The summed E-state index contributed by atoms with van der Waals surface area (Å²) in [5.74, 6) is 0.0764. The maximum atomic E-state index is 12.1. The van der Waals surface area contributed by atoms with Crippen LogP contribution in [0.1, 0.15) is 11.1 Å². The molecule has 1 aromatic carbocycles. The van der Waals surface area contributed by atoms with E-state index in [4.69, 9.17) is 4.74 Å². The van der Waals surface area contributed by atoms with Gasteiger partial charge in [-0.15, -0.1) is 0 Å². The summed E-state index contributed by atoms with van der Waals surface area (Å²) < 4.78 is 5.23. The van der Waals surface area contributed by atoms with E-state index in [-0.39, 0.29) is 5.91 Å². The van der Waals surface area contributed by atoms with Crippen LogP contribution in [0.5, 0.6) is 0 Å². The van der Waals surface area contributed by atoms with Crippen LogP contribution in [-0.2, 0) is 9.53 Å². The zero-order chi connectivity index (χ0) is 13.5. The highest BCUT2D eigenvalue weighted by Gasteiger charge is 2.49. The summed E-state index contributed by atoms with van der Waals surface area (Å²) in [6, 6.07) is 6.05. The Morgan fingerprint density at radius 2 is 1.95 bits per heavy atom. The number of amides is 1. The summed E-state index contributed by atoms with van der Waals surface area (Å²) in [5.41, 5.74) is 3.55. The summed E-state index contributed by atoms with van der Waals surface area (Å²) in [4.78, 5) is 14.2. The first kappa shape index (κ1) is 12.6. The van der Waals surface area contributed by atoms with E-state index in [9.17, 15) is 4.79 Å². The SMILES string of the molecule is Cc1cccc(C)c1NC(=O)CN1CC2(COC2)C1. The van der Waals surface area contributed by atoms with Crippen molar-refractivity contribution in [2.24, 2.45) is 5.41 Å². The van der Waals surface area contributed by atoms with Crippen LogP contribution in [0.15, 0.2) is 18.2 Å². The van der Waals surface area contributed by atoms with E-state index in [1.54, 1.807) is 0 Å². The molecule has 2 saturated heterocycles. The number of nitrogens with zero attached hydrogens (tertiary/aromatic N) is 1. The number of likely N-dealkylation sites (tertiary alicyclic amines) is 1. The molecule has 102 valence electrons. The number of aryl methyl sites for hydroxylation is 2. The molecule has 0 bridgehead atoms. The van der Waals surface area contributed by atoms with Gasteiger partial charge in [-0.2, -0.15) is 0 Å². The van der Waals surface area contributed by atoms with E-state index in [1.807, 2.05) is 32.0 Å². The number of anilines is 1. The van der Waals surface area contributed by atoms with Gasteiger partial charge >= 0.3 is 0 Å². The van der Waals surface area contributed by atoms with Crippen LogP contribution in [0.4, 0.5) is 5.69 Å². The number of rotatable bonds is 3. The molecule has 0 aliphatic carbocycles. The van der Waals surface area contributed by atoms with E-state index in [2.05, 4.69) is 10.2 Å². The van der Waals surface area contributed by atoms with Gasteiger partial charge in [-0.25, -0.2) is 0 Å². The Balaban J connectivity index is 1.54. The summed E-state index contributed by atoms with van der Waals surface area (Å²) in [7, 11) is 0. The number of hydrogen-bond donors (Lipinski definition) is 1. The number of nitrogens with one attached hydrogen (secondary N) is 1. The third-order valence-corrected chi connectivity index (χ3v) is 4.05. The van der Waals surface area contributed by atoms with Gasteiger partial charge in [0, 0.05) is 24.2 Å². The average Bonchev–Trinajstić information content (AvgIpc) is 2.25. The molecular weight excluding hydrogens is 240 g/mol. The van der Waals surface area contributed by atoms with E-state index in [0.29, 0.717) is 12.0 Å². The first-order chi connectivity index (χ1) is 9.08. The highest BCUT2D eigenvalue weighted by atomic mass is 16.5. The lowest BCUT2D eigenvalue weighted by Crippen LogP contribution is -2.66. The highest BCUT2D eigenvalue weighted by molar-refractivity contribution is 5.93. The number of carbonyl (C=O) groups is 1. The number of hydrogen-bond acceptors (Lipinski definition) is 3. The fourth-order valence-corrected chi connectivity index (χ4v) is 2.98. The van der Waals surface area contributed by atoms with Crippen molar-refractivity contribution in [2.45, 2.75) is 13.8 Å². The predicted octanol–water partition coefficient (Wildman–Crippen LogP) is 1.57. The highest BCUT2D eigenvalue weighted by Crippen LogP contribution is 2.37. The summed E-state index contributed by atoms with van der Waals surface area (Å²) in [5, 5.41) is 3.03. The molecule has 1 spiro atoms. The van der Waals surface area contributed by atoms with Crippen molar-refractivity contribution in [3.8, 4) is 0 Å². The Labute approximate surface area is 113 Å². The maximum absolute atomic E-state index is 12.1. The molecule has 1 aromatic rings. The molecule has 0 saturated carbocycles. The van der Waals surface area contributed by atoms with Crippen LogP contribution in [0.25, 0.3) is 0 Å². The second-order valence-electron chi connectivity index (χ2n) is 5.95. The monoisotopic (exact) mass is 260 g/mol. The van der Waals surface area contributed by atoms with Gasteiger partial charge in [-0.05, 0) is 25.0 Å². The molecule has 1 amide bonds. The van der Waals surface area contributed by atoms with Crippen LogP contribution in [0.2, 0.25) is 0 Å². The first-order valence-electron chi connectivity index (χ1n) is 6.74. The van der Waals surface area contributed by atoms with Crippen molar-refractivity contribution in [1.29, 1.82) is 0 Å². The molecule has 3 rings (SSSR count). The second kappa shape index (κ2) is 4.62. The van der Waals surface area contributed by atoms with Crippen molar-refractivity contribution in [2.75, 3.05) is 38.2 Å². The van der Waals surface area contributed by atoms with E-state index < -0.39 is 0 Å². The van der Waals surface area contributed by atoms with E-state index >= 15 is 0 Å². The molecule has 0 atom stereocenters. The Bertz CT molecular complexity index is 481. The topological polar surface area (TPSA) is 41.6 Å². The molecule has 2 aliphatic heterocycles. The minimum absolute atomic E-state index is 0.0764. The smallest absolute Gasteiger partial charge is 0.238 e. The zero-order valence-electron chi connectivity index (χ0n) is 11.5. The van der Waals surface area contributed by atoms with Gasteiger partial charge in [-0.3, -0.25) is 9.69 Å². The molecule has 2 fully saturated rings. The maximum Gasteiger partial charge on any atom is 0.238 e. The second-order valence-corrected chi connectivity index (χ2v) is 5.95. The number of para-hydroxylation sites is 1. The van der Waals surface area contributed by atoms with Crippen molar-refractivity contribution >= 4 is 11.6 Å². The molecule has 19 heavy (non-hydrogen) atoms. The molecule has 0 aromatic heterocycles. The van der Waals surface area contributed by atoms with Gasteiger partial charge < -0.3 is 10.1 Å². The molecule has 4 heteroatoms. The molecule has 1 N–H and O–H groups in total. The van der Waals surface area contributed by atoms with Crippen molar-refractivity contribution in [3.63, 3.8) is 0 Å². The third kappa shape index (κ3) is 2.38. The lowest BCUT2D eigenvalue weighted by Gasteiger charge is -2.54. The quantitative estimate of drug-likeness (QED) is 0.897. The number of benzene rings is 1. The van der Waals surface area contributed by atoms with Gasteiger partial charge in [0.05, 0.1) is 19.8 Å². The molecule has 0 unspecified atom stereocenters. The average molecular weight is 260 g/mol. The summed E-state index contributed by atoms with van der Waals surface area (Å²) in [6.45, 7) is 8.24. The minimum Gasteiger partial charge on any atom is -0.380 e. The predicted molar refractivity (Wildman–Crippen MR) is 74.2 cm³/mol. The van der Waals surface area contributed by atoms with Crippen LogP contribution >= 0.6 is 0 Å². The molecule has 2 heterocycles. The summed E-state index contributed by atoms with van der Waals surface area (Å²) >= 11 is 0. The van der Waals surface area contributed by atoms with Crippen molar-refractivity contribution in [3.05, 3.63) is 29.3 Å².